The number of carbonyl (C=O) groups is 1. The molecule has 35 heavy (non-hydrogen) atoms. The summed E-state index contributed by atoms with van der Waals surface area (Å²) in [6.45, 7) is 2.48. The molecule has 2 aromatic carbocycles. The third-order valence-corrected chi connectivity index (χ3v) is 8.06. The van der Waals surface area contributed by atoms with Gasteiger partial charge in [0.25, 0.3) is 0 Å². The fourth-order valence-corrected chi connectivity index (χ4v) is 6.04. The summed E-state index contributed by atoms with van der Waals surface area (Å²) in [7, 11) is 0. The first kappa shape index (κ1) is 23.7. The van der Waals surface area contributed by atoms with E-state index < -0.39 is 11.6 Å². The number of rotatable bonds is 6. The molecule has 1 aliphatic heterocycles. The number of aliphatic hydroxyl groups is 1. The van der Waals surface area contributed by atoms with Crippen molar-refractivity contribution < 1.29 is 18.7 Å². The van der Waals surface area contributed by atoms with Gasteiger partial charge in [-0.1, -0.05) is 12.1 Å². The molecule has 3 aliphatic rings. The Morgan fingerprint density at radius 3 is 2.83 bits per heavy atom. The van der Waals surface area contributed by atoms with Crippen LogP contribution in [0, 0.1) is 28.9 Å². The van der Waals surface area contributed by atoms with E-state index in [1.807, 2.05) is 18.2 Å². The number of benzene rings is 2. The summed E-state index contributed by atoms with van der Waals surface area (Å²) >= 11 is 0. The highest BCUT2D eigenvalue weighted by Crippen LogP contribution is 2.62. The maximum absolute atomic E-state index is 14.2. The lowest BCUT2D eigenvalue weighted by atomic mass is 9.80. The molecule has 5 rings (SSSR count). The highest BCUT2D eigenvalue weighted by Gasteiger charge is 2.58. The fraction of sp³-hybridized carbons (Fsp3) is 0.481. The van der Waals surface area contributed by atoms with E-state index in [1.165, 1.54) is 11.6 Å². The average molecular weight is 481 g/mol. The number of fused-ring (bicyclic) bond motifs is 1. The summed E-state index contributed by atoms with van der Waals surface area (Å²) in [5.74, 6) is -1.06. The van der Waals surface area contributed by atoms with Gasteiger partial charge in [-0.25, -0.2) is 13.6 Å². The summed E-state index contributed by atoms with van der Waals surface area (Å²) < 4.78 is 27.6. The SMILES string of the molecule is N#Cc1cccc([C@]23CCC(N(CCN4CC[C@@H](O)C4)C(=O)Nc4ccc(F)cc4F)CC2C3)c1. The molecule has 2 aliphatic carbocycles. The number of aliphatic hydroxyl groups excluding tert-OH is 1. The van der Waals surface area contributed by atoms with Crippen molar-refractivity contribution in [3.8, 4) is 6.07 Å². The first-order valence-electron chi connectivity index (χ1n) is 12.3. The second-order valence-corrected chi connectivity index (χ2v) is 10.2. The standard InChI is InChI=1S/C27H30F2N4O2/c28-21-4-5-25(24(29)14-21)31-26(35)33(11-10-32-9-7-23(34)17-32)22-6-8-27(15-20(27)13-22)19-3-1-2-18(12-19)16-30/h1-5,12,14,20,22-23,34H,6-11,13,15,17H2,(H,31,35)/t20?,22?,23-,27-/m1/s1. The van der Waals surface area contributed by atoms with E-state index in [0.29, 0.717) is 31.1 Å². The molecule has 3 fully saturated rings. The number of β-amino-alcohol motifs (C(OH)–C–C–N with tert-alkyl or cyclic N) is 1. The summed E-state index contributed by atoms with van der Waals surface area (Å²) in [6, 6.07) is 12.8. The fourth-order valence-electron chi connectivity index (χ4n) is 6.04. The van der Waals surface area contributed by atoms with Crippen molar-refractivity contribution >= 4 is 11.7 Å². The Kier molecular flexibility index (Phi) is 6.47. The Labute approximate surface area is 204 Å². The van der Waals surface area contributed by atoms with Crippen molar-refractivity contribution in [3.05, 3.63) is 65.2 Å². The molecule has 0 radical (unpaired) electrons. The molecule has 2 aromatic rings. The van der Waals surface area contributed by atoms with E-state index >= 15 is 0 Å². The molecule has 0 spiro atoms. The zero-order valence-electron chi connectivity index (χ0n) is 19.6. The highest BCUT2D eigenvalue weighted by atomic mass is 19.1. The van der Waals surface area contributed by atoms with Crippen LogP contribution in [0.5, 0.6) is 0 Å². The monoisotopic (exact) mass is 480 g/mol. The average Bonchev–Trinajstić information content (AvgIpc) is 3.46. The first-order valence-corrected chi connectivity index (χ1v) is 12.3. The molecule has 6 nitrogen and oxygen atoms in total. The Balaban J connectivity index is 1.30. The minimum Gasteiger partial charge on any atom is -0.392 e. The maximum Gasteiger partial charge on any atom is 0.322 e. The van der Waals surface area contributed by atoms with E-state index in [4.69, 9.17) is 0 Å². The molecular weight excluding hydrogens is 450 g/mol. The van der Waals surface area contributed by atoms with Crippen molar-refractivity contribution in [2.24, 2.45) is 5.92 Å². The van der Waals surface area contributed by atoms with Gasteiger partial charge in [0.2, 0.25) is 0 Å². The van der Waals surface area contributed by atoms with Crippen LogP contribution < -0.4 is 5.32 Å². The molecule has 1 saturated heterocycles. The Morgan fingerprint density at radius 1 is 1.26 bits per heavy atom. The largest absolute Gasteiger partial charge is 0.392 e. The van der Waals surface area contributed by atoms with Gasteiger partial charge in [-0.3, -0.25) is 4.90 Å². The normalized spacial score (nSPS) is 27.7. The van der Waals surface area contributed by atoms with E-state index in [-0.39, 0.29) is 29.3 Å². The number of urea groups is 1. The molecule has 2 unspecified atom stereocenters. The number of carbonyl (C=O) groups excluding carboxylic acids is 1. The number of nitriles is 1. The van der Waals surface area contributed by atoms with Crippen LogP contribution in [0.2, 0.25) is 0 Å². The Morgan fingerprint density at radius 2 is 2.11 bits per heavy atom. The zero-order valence-corrected chi connectivity index (χ0v) is 19.6. The van der Waals surface area contributed by atoms with Gasteiger partial charge in [0, 0.05) is 38.3 Å². The van der Waals surface area contributed by atoms with E-state index in [2.05, 4.69) is 22.4 Å². The van der Waals surface area contributed by atoms with Crippen molar-refractivity contribution in [3.63, 3.8) is 0 Å². The molecular formula is C27H30F2N4O2. The summed E-state index contributed by atoms with van der Waals surface area (Å²) in [4.78, 5) is 17.3. The predicted molar refractivity (Wildman–Crippen MR) is 128 cm³/mol. The molecule has 0 bridgehead atoms. The summed E-state index contributed by atoms with van der Waals surface area (Å²) in [5.41, 5.74) is 1.91. The number of likely N-dealkylation sites (tertiary alicyclic amines) is 1. The lowest BCUT2D eigenvalue weighted by molar-refractivity contribution is 0.142. The highest BCUT2D eigenvalue weighted by molar-refractivity contribution is 5.89. The quantitative estimate of drug-likeness (QED) is 0.648. The number of hydrogen-bond acceptors (Lipinski definition) is 4. The molecule has 184 valence electrons. The Hall–Kier alpha value is -3.02. The van der Waals surface area contributed by atoms with E-state index in [9.17, 15) is 23.9 Å². The molecule has 4 atom stereocenters. The number of anilines is 1. The van der Waals surface area contributed by atoms with Crippen LogP contribution in [0.4, 0.5) is 19.3 Å². The minimum absolute atomic E-state index is 0.00538. The van der Waals surface area contributed by atoms with Crippen molar-refractivity contribution in [1.29, 1.82) is 5.26 Å². The van der Waals surface area contributed by atoms with Gasteiger partial charge in [0.1, 0.15) is 11.6 Å². The third kappa shape index (κ3) is 4.89. The molecule has 0 aromatic heterocycles. The number of hydrogen-bond donors (Lipinski definition) is 2. The van der Waals surface area contributed by atoms with Crippen LogP contribution in [-0.2, 0) is 5.41 Å². The topological polar surface area (TPSA) is 79.6 Å². The van der Waals surface area contributed by atoms with Crippen LogP contribution in [0.15, 0.2) is 42.5 Å². The van der Waals surface area contributed by atoms with Gasteiger partial charge in [-0.05, 0) is 73.3 Å². The molecule has 1 heterocycles. The van der Waals surface area contributed by atoms with Gasteiger partial charge in [-0.2, -0.15) is 5.26 Å². The second-order valence-electron chi connectivity index (χ2n) is 10.2. The maximum atomic E-state index is 14.2. The third-order valence-electron chi connectivity index (χ3n) is 8.06. The predicted octanol–water partition coefficient (Wildman–Crippen LogP) is 4.25. The second kappa shape index (κ2) is 9.56. The molecule has 2 saturated carbocycles. The van der Waals surface area contributed by atoms with Gasteiger partial charge in [0.15, 0.2) is 0 Å². The van der Waals surface area contributed by atoms with Crippen molar-refractivity contribution in [2.75, 3.05) is 31.5 Å². The lowest BCUT2D eigenvalue weighted by Crippen LogP contribution is -2.48. The van der Waals surface area contributed by atoms with Crippen LogP contribution >= 0.6 is 0 Å². The number of amides is 2. The van der Waals surface area contributed by atoms with Crippen LogP contribution in [-0.4, -0.2) is 59.3 Å². The molecule has 2 amide bonds. The van der Waals surface area contributed by atoms with Gasteiger partial charge in [0.05, 0.1) is 23.4 Å². The smallest absolute Gasteiger partial charge is 0.322 e. The van der Waals surface area contributed by atoms with Crippen LogP contribution in [0.25, 0.3) is 0 Å². The summed E-state index contributed by atoms with van der Waals surface area (Å²) in [5, 5.41) is 21.8. The van der Waals surface area contributed by atoms with E-state index in [0.717, 1.165) is 50.8 Å². The lowest BCUT2D eigenvalue weighted by Gasteiger charge is -2.37. The molecule has 2 N–H and O–H groups in total. The minimum atomic E-state index is -0.803. The van der Waals surface area contributed by atoms with Crippen molar-refractivity contribution in [2.45, 2.75) is 49.7 Å². The number of nitrogens with zero attached hydrogens (tertiary/aromatic N) is 3. The van der Waals surface area contributed by atoms with Gasteiger partial charge >= 0.3 is 6.03 Å². The summed E-state index contributed by atoms with van der Waals surface area (Å²) in [6.07, 6.45) is 4.01. The first-order chi connectivity index (χ1) is 16.9. The molecule has 8 heteroatoms. The number of halogens is 2. The van der Waals surface area contributed by atoms with E-state index in [1.54, 1.807) is 4.90 Å². The Bertz CT molecular complexity index is 1150. The van der Waals surface area contributed by atoms with Crippen LogP contribution in [0.3, 0.4) is 0 Å². The van der Waals surface area contributed by atoms with Crippen LogP contribution in [0.1, 0.15) is 43.2 Å². The van der Waals surface area contributed by atoms with Gasteiger partial charge in [-0.15, -0.1) is 0 Å². The van der Waals surface area contributed by atoms with Gasteiger partial charge < -0.3 is 15.3 Å². The number of nitrogens with one attached hydrogen (secondary N) is 1. The van der Waals surface area contributed by atoms with Crippen molar-refractivity contribution in [1.82, 2.24) is 9.80 Å². The zero-order chi connectivity index (χ0) is 24.6.